The number of carbonyl (C=O) groups is 3. The maximum absolute atomic E-state index is 12.9. The molecule has 0 aliphatic carbocycles. The van der Waals surface area contributed by atoms with Crippen molar-refractivity contribution in [1.82, 2.24) is 29.5 Å². The van der Waals surface area contributed by atoms with Gasteiger partial charge in [-0.2, -0.15) is 15.7 Å². The highest BCUT2D eigenvalue weighted by molar-refractivity contribution is 5.99. The molecule has 75 heavy (non-hydrogen) atoms. The van der Waals surface area contributed by atoms with E-state index in [2.05, 4.69) is 117 Å². The van der Waals surface area contributed by atoms with Crippen molar-refractivity contribution in [3.8, 4) is 33.6 Å². The molecule has 1 atom stereocenters. The van der Waals surface area contributed by atoms with Gasteiger partial charge in [-0.15, -0.1) is 5.11 Å². The number of aromatic nitrogens is 4. The molecule has 0 radical (unpaired) electrons. The smallest absolute Gasteiger partial charge is 0.326 e. The summed E-state index contributed by atoms with van der Waals surface area (Å²) in [6, 6.07) is 43.8. The second kappa shape index (κ2) is 22.5. The number of aryl methyl sites for hydroxylation is 3. The quantitative estimate of drug-likeness (QED) is 0.0905. The predicted octanol–water partition coefficient (Wildman–Crippen LogP) is 12.4. The molecule has 10 rings (SSSR count). The van der Waals surface area contributed by atoms with Crippen molar-refractivity contribution in [2.75, 3.05) is 16.6 Å². The molecule has 382 valence electrons. The van der Waals surface area contributed by atoms with Crippen LogP contribution in [0.15, 0.2) is 167 Å². The van der Waals surface area contributed by atoms with E-state index in [1.165, 1.54) is 15.5 Å². The normalized spacial score (nSPS) is 13.5. The van der Waals surface area contributed by atoms with Gasteiger partial charge in [0.25, 0.3) is 5.91 Å². The molecule has 8 aromatic rings. The molecule has 16 nitrogen and oxygen atoms in total. The zero-order valence-corrected chi connectivity index (χ0v) is 43.3. The lowest BCUT2D eigenvalue weighted by Crippen LogP contribution is -2.47. The summed E-state index contributed by atoms with van der Waals surface area (Å²) in [5, 5.41) is 28.5. The molecule has 2 aliphatic heterocycles. The summed E-state index contributed by atoms with van der Waals surface area (Å²) in [6.07, 6.45) is 3.89. The Morgan fingerprint density at radius 1 is 0.787 bits per heavy atom. The van der Waals surface area contributed by atoms with Crippen molar-refractivity contribution in [2.45, 2.75) is 85.9 Å². The van der Waals surface area contributed by atoms with Crippen LogP contribution in [-0.2, 0) is 40.9 Å². The second-order valence-electron chi connectivity index (χ2n) is 19.2. The minimum atomic E-state index is -0.977. The number of anilines is 2. The SMILES string of the molecule is C=C1N=NNN1c1ccccc1-c1ccc(CN(C(=O)CCCC)[C@H](C(=O)O)C(C)C)cc1.CCCc1nc2c(C)cc(-c3nc4ccccc4n3C)cc2n1Cc1ccc(-c2ccccc2N2N=NCC2=O)cc1. The van der Waals surface area contributed by atoms with Crippen LogP contribution in [0.5, 0.6) is 0 Å². The van der Waals surface area contributed by atoms with Crippen LogP contribution in [0.4, 0.5) is 11.4 Å². The van der Waals surface area contributed by atoms with Crippen LogP contribution in [0.25, 0.3) is 55.7 Å². The molecule has 0 unspecified atom stereocenters. The average Bonchev–Trinajstić information content (AvgIpc) is 4.21. The predicted molar refractivity (Wildman–Crippen MR) is 294 cm³/mol. The molecule has 2 N–H and O–H groups in total. The average molecular weight is 1000 g/mol. The van der Waals surface area contributed by atoms with Gasteiger partial charge in [0, 0.05) is 49.7 Å². The van der Waals surface area contributed by atoms with E-state index in [0.717, 1.165) is 110 Å². The van der Waals surface area contributed by atoms with E-state index >= 15 is 0 Å². The van der Waals surface area contributed by atoms with Gasteiger partial charge in [0.05, 0.1) is 33.4 Å². The molecular formula is C59H62N12O4. The van der Waals surface area contributed by atoms with Gasteiger partial charge in [0.2, 0.25) is 5.91 Å². The minimum absolute atomic E-state index is 0.0873. The van der Waals surface area contributed by atoms with Gasteiger partial charge in [-0.1, -0.05) is 148 Å². The first kappa shape index (κ1) is 51.1. The van der Waals surface area contributed by atoms with Crippen LogP contribution >= 0.6 is 0 Å². The van der Waals surface area contributed by atoms with Gasteiger partial charge < -0.3 is 19.1 Å². The van der Waals surface area contributed by atoms with Crippen LogP contribution in [0.2, 0.25) is 0 Å². The monoisotopic (exact) mass is 1000 g/mol. The molecule has 0 saturated carbocycles. The summed E-state index contributed by atoms with van der Waals surface area (Å²) in [6.45, 7) is 14.9. The molecule has 0 saturated heterocycles. The molecular weight excluding hydrogens is 941 g/mol. The Morgan fingerprint density at radius 3 is 2.05 bits per heavy atom. The fraction of sp³-hybridized carbons (Fsp3) is 0.271. The first-order chi connectivity index (χ1) is 36.3. The van der Waals surface area contributed by atoms with Gasteiger partial charge in [-0.3, -0.25) is 9.59 Å². The fourth-order valence-corrected chi connectivity index (χ4v) is 9.80. The van der Waals surface area contributed by atoms with Crippen LogP contribution in [0.3, 0.4) is 0 Å². The van der Waals surface area contributed by atoms with E-state index in [1.54, 1.807) is 5.01 Å². The number of nitrogens with zero attached hydrogens (tertiary/aromatic N) is 11. The Bertz CT molecular complexity index is 3470. The zero-order valence-electron chi connectivity index (χ0n) is 43.3. The van der Waals surface area contributed by atoms with Crippen molar-refractivity contribution >= 4 is 51.2 Å². The maximum atomic E-state index is 12.9. The number of fused-ring (bicyclic) bond motifs is 2. The summed E-state index contributed by atoms with van der Waals surface area (Å²) in [4.78, 5) is 48.7. The number of hydrazine groups is 1. The van der Waals surface area contributed by atoms with Crippen molar-refractivity contribution in [3.63, 3.8) is 0 Å². The number of carbonyl (C=O) groups excluding carboxylic acids is 2. The fourth-order valence-electron chi connectivity index (χ4n) is 9.80. The highest BCUT2D eigenvalue weighted by Crippen LogP contribution is 2.36. The molecule has 0 spiro atoms. The van der Waals surface area contributed by atoms with E-state index in [-0.39, 0.29) is 30.8 Å². The molecule has 0 fully saturated rings. The first-order valence-electron chi connectivity index (χ1n) is 25.5. The lowest BCUT2D eigenvalue weighted by atomic mass is 9.99. The molecule has 2 aromatic heterocycles. The van der Waals surface area contributed by atoms with Gasteiger partial charge in [0.15, 0.2) is 5.82 Å². The Balaban J connectivity index is 0.000000190. The van der Waals surface area contributed by atoms with Crippen molar-refractivity contribution in [3.05, 3.63) is 168 Å². The number of amides is 2. The van der Waals surface area contributed by atoms with E-state index in [0.29, 0.717) is 18.8 Å². The van der Waals surface area contributed by atoms with Crippen LogP contribution in [0, 0.1) is 12.8 Å². The number of nitrogens with one attached hydrogen (secondary N) is 1. The number of benzene rings is 6. The lowest BCUT2D eigenvalue weighted by molar-refractivity contribution is -0.153. The summed E-state index contributed by atoms with van der Waals surface area (Å²) in [7, 11) is 2.08. The summed E-state index contributed by atoms with van der Waals surface area (Å²) < 4.78 is 4.52. The molecule has 2 aliphatic rings. The van der Waals surface area contributed by atoms with Crippen molar-refractivity contribution in [2.24, 2.45) is 33.6 Å². The topological polar surface area (TPSA) is 178 Å². The number of unbranched alkanes of at least 4 members (excludes halogenated alkanes) is 1. The molecule has 0 bridgehead atoms. The van der Waals surface area contributed by atoms with Gasteiger partial charge in [-0.25, -0.2) is 19.8 Å². The number of imidazole rings is 2. The van der Waals surface area contributed by atoms with Crippen LogP contribution in [-0.4, -0.2) is 59.5 Å². The number of aliphatic carboxylic acids is 1. The largest absolute Gasteiger partial charge is 0.480 e. The zero-order chi connectivity index (χ0) is 52.8. The molecule has 4 heterocycles. The Kier molecular flexibility index (Phi) is 15.4. The molecule has 2 amide bonds. The number of rotatable bonds is 17. The highest BCUT2D eigenvalue weighted by Gasteiger charge is 2.32. The Labute approximate surface area is 436 Å². The van der Waals surface area contributed by atoms with E-state index in [4.69, 9.17) is 9.97 Å². The molecule has 6 aromatic carbocycles. The minimum Gasteiger partial charge on any atom is -0.480 e. The number of hydrogen-bond acceptors (Lipinski definition) is 11. The summed E-state index contributed by atoms with van der Waals surface area (Å²) in [5.74, 6) is 1.11. The van der Waals surface area contributed by atoms with Crippen LogP contribution < -0.4 is 15.6 Å². The maximum Gasteiger partial charge on any atom is 0.326 e. The third kappa shape index (κ3) is 10.8. The molecule has 16 heteroatoms. The van der Waals surface area contributed by atoms with Gasteiger partial charge >= 0.3 is 5.97 Å². The highest BCUT2D eigenvalue weighted by atomic mass is 16.4. The van der Waals surface area contributed by atoms with Crippen molar-refractivity contribution < 1.29 is 19.5 Å². The van der Waals surface area contributed by atoms with Gasteiger partial charge in [-0.05, 0) is 89.9 Å². The van der Waals surface area contributed by atoms with Crippen LogP contribution in [0.1, 0.15) is 75.9 Å². The third-order valence-corrected chi connectivity index (χ3v) is 13.6. The number of para-hydroxylation sites is 4. The van der Waals surface area contributed by atoms with E-state index in [9.17, 15) is 19.5 Å². The Morgan fingerprint density at radius 2 is 1.44 bits per heavy atom. The standard InChI is InChI=1S/C34H31N7O.C25H31N5O3/c1-4-9-31-37-33-22(2)18-25(34-36-27-11-6-8-13-29(27)39(34)3)19-30(33)40(31)21-23-14-16-24(17-15-23)26-10-5-7-12-28(26)41-32(42)20-35-38-41;1-5-6-11-23(31)29(24(17(2)3)25(32)33)16-19-12-14-20(15-13-19)21-9-7-8-10-22(21)30-18(4)26-27-28-30/h5-8,10-19H,4,9,20-21H2,1-3H3;7-10,12-15,17,24H,4-6,11,16H2,1-3H3,(H,26,28)(H,32,33)/t;24-/m.0/s1. The summed E-state index contributed by atoms with van der Waals surface area (Å²) in [5.41, 5.74) is 16.9. The van der Waals surface area contributed by atoms with Crippen molar-refractivity contribution in [1.29, 1.82) is 0 Å². The Hall–Kier alpha value is -8.79. The number of carboxylic acids is 1. The second-order valence-corrected chi connectivity index (χ2v) is 19.2. The number of carboxylic acid groups (broad SMARTS) is 1. The van der Waals surface area contributed by atoms with E-state index in [1.807, 2.05) is 99.6 Å². The summed E-state index contributed by atoms with van der Waals surface area (Å²) >= 11 is 0. The van der Waals surface area contributed by atoms with E-state index < -0.39 is 12.0 Å². The van der Waals surface area contributed by atoms with Gasteiger partial charge in [0.1, 0.15) is 24.2 Å². The number of hydrogen-bond donors (Lipinski definition) is 2. The lowest BCUT2D eigenvalue weighted by Gasteiger charge is -2.32. The first-order valence-corrected chi connectivity index (χ1v) is 25.5. The third-order valence-electron chi connectivity index (χ3n) is 13.6.